The van der Waals surface area contributed by atoms with Crippen molar-refractivity contribution in [1.29, 1.82) is 0 Å². The van der Waals surface area contributed by atoms with Crippen molar-refractivity contribution in [2.75, 3.05) is 23.3 Å². The quantitative estimate of drug-likeness (QED) is 0.614. The highest BCUT2D eigenvalue weighted by Crippen LogP contribution is 2.34. The van der Waals surface area contributed by atoms with E-state index in [0.29, 0.717) is 30.2 Å². The molecule has 0 radical (unpaired) electrons. The van der Waals surface area contributed by atoms with E-state index in [-0.39, 0.29) is 21.6 Å². The van der Waals surface area contributed by atoms with Crippen molar-refractivity contribution in [3.8, 4) is 5.75 Å². The molecule has 1 aromatic heterocycles. The summed E-state index contributed by atoms with van der Waals surface area (Å²) in [7, 11) is -2.43. The van der Waals surface area contributed by atoms with Crippen molar-refractivity contribution < 1.29 is 17.9 Å². The summed E-state index contributed by atoms with van der Waals surface area (Å²) >= 11 is 0. The van der Waals surface area contributed by atoms with Crippen LogP contribution in [0.15, 0.2) is 59.8 Å². The first-order chi connectivity index (χ1) is 15.6. The van der Waals surface area contributed by atoms with Crippen molar-refractivity contribution in [3.63, 3.8) is 0 Å². The number of hydrogen-bond donors (Lipinski definition) is 1. The molecule has 9 heteroatoms. The third kappa shape index (κ3) is 4.41. The summed E-state index contributed by atoms with van der Waals surface area (Å²) in [5.74, 6) is 0.399. The second kappa shape index (κ2) is 8.47. The van der Waals surface area contributed by atoms with Crippen LogP contribution < -0.4 is 14.4 Å². The molecule has 0 fully saturated rings. The largest absolute Gasteiger partial charge is 0.496 e. The van der Waals surface area contributed by atoms with Gasteiger partial charge in [-0.3, -0.25) is 9.10 Å². The second-order valence-electron chi connectivity index (χ2n) is 8.82. The summed E-state index contributed by atoms with van der Waals surface area (Å²) < 4.78 is 33.5. The molecule has 33 heavy (non-hydrogen) atoms. The van der Waals surface area contributed by atoms with Gasteiger partial charge in [0.15, 0.2) is 0 Å². The molecule has 172 valence electrons. The predicted molar refractivity (Wildman–Crippen MR) is 126 cm³/mol. The van der Waals surface area contributed by atoms with Gasteiger partial charge in [-0.2, -0.15) is 0 Å². The maximum absolute atomic E-state index is 13.4. The van der Waals surface area contributed by atoms with Gasteiger partial charge in [0.25, 0.3) is 15.9 Å². The number of benzene rings is 2. The molecule has 0 spiro atoms. The Morgan fingerprint density at radius 3 is 2.45 bits per heavy atom. The van der Waals surface area contributed by atoms with Crippen molar-refractivity contribution >= 4 is 27.3 Å². The first kappa shape index (κ1) is 22.7. The first-order valence-corrected chi connectivity index (χ1v) is 12.0. The number of ether oxygens (including phenoxy) is 1. The van der Waals surface area contributed by atoms with Crippen LogP contribution in [-0.2, 0) is 21.9 Å². The van der Waals surface area contributed by atoms with Gasteiger partial charge in [-0.1, -0.05) is 39.0 Å². The third-order valence-electron chi connectivity index (χ3n) is 5.43. The topological polar surface area (TPSA) is 101 Å². The molecule has 0 atom stereocenters. The zero-order valence-corrected chi connectivity index (χ0v) is 19.8. The molecule has 0 unspecified atom stereocenters. The fourth-order valence-electron chi connectivity index (χ4n) is 3.69. The zero-order chi connectivity index (χ0) is 23.8. The monoisotopic (exact) mass is 466 g/mol. The highest BCUT2D eigenvalue weighted by molar-refractivity contribution is 7.92. The number of hydrogen-bond acceptors (Lipinski definition) is 6. The SMILES string of the molecule is COc1ccc(S(=O)(=O)N2CCc3ccccc32)cc1C(=O)Nc1cnc(C(C)(C)C)nc1. The molecule has 0 saturated heterocycles. The van der Waals surface area contributed by atoms with Crippen molar-refractivity contribution in [2.24, 2.45) is 0 Å². The van der Waals surface area contributed by atoms with Crippen LogP contribution in [0.1, 0.15) is 42.5 Å². The van der Waals surface area contributed by atoms with E-state index in [1.807, 2.05) is 39.0 Å². The van der Waals surface area contributed by atoms with E-state index in [2.05, 4.69) is 15.3 Å². The number of sulfonamides is 1. The maximum Gasteiger partial charge on any atom is 0.264 e. The van der Waals surface area contributed by atoms with Crippen LogP contribution in [-0.4, -0.2) is 37.9 Å². The van der Waals surface area contributed by atoms with Crippen molar-refractivity contribution in [3.05, 3.63) is 71.8 Å². The van der Waals surface area contributed by atoms with Gasteiger partial charge >= 0.3 is 0 Å². The Hall–Kier alpha value is -3.46. The van der Waals surface area contributed by atoms with Crippen LogP contribution in [0.25, 0.3) is 0 Å². The lowest BCUT2D eigenvalue weighted by molar-refractivity contribution is 0.102. The van der Waals surface area contributed by atoms with Crippen LogP contribution >= 0.6 is 0 Å². The summed E-state index contributed by atoms with van der Waals surface area (Å²) in [5, 5.41) is 2.72. The minimum absolute atomic E-state index is 0.0180. The van der Waals surface area contributed by atoms with E-state index < -0.39 is 15.9 Å². The standard InChI is InChI=1S/C24H26N4O4S/c1-24(2,3)23-25-14-17(15-26-23)27-22(29)19-13-18(9-10-21(19)32-4)33(30,31)28-12-11-16-7-5-6-8-20(16)28/h5-10,13-15H,11-12H2,1-4H3,(H,27,29). The Morgan fingerprint density at radius 1 is 1.09 bits per heavy atom. The zero-order valence-electron chi connectivity index (χ0n) is 19.0. The average Bonchev–Trinajstić information content (AvgIpc) is 3.23. The lowest BCUT2D eigenvalue weighted by atomic mass is 9.96. The number of amides is 1. The number of rotatable bonds is 5. The van der Waals surface area contributed by atoms with Gasteiger partial charge in [-0.05, 0) is 36.2 Å². The van der Waals surface area contributed by atoms with E-state index >= 15 is 0 Å². The molecule has 3 aromatic rings. The number of carbonyl (C=O) groups excluding carboxylic acids is 1. The molecule has 1 N–H and O–H groups in total. The van der Waals surface area contributed by atoms with E-state index in [1.54, 1.807) is 6.07 Å². The van der Waals surface area contributed by atoms with Gasteiger partial charge in [-0.25, -0.2) is 18.4 Å². The van der Waals surface area contributed by atoms with Gasteiger partial charge in [0.05, 0.1) is 41.3 Å². The molecule has 1 aliphatic rings. The Balaban J connectivity index is 1.64. The highest BCUT2D eigenvalue weighted by Gasteiger charge is 2.31. The summed E-state index contributed by atoms with van der Waals surface area (Å²) in [4.78, 5) is 21.7. The fraction of sp³-hybridized carbons (Fsp3) is 0.292. The molecule has 2 heterocycles. The van der Waals surface area contributed by atoms with Crippen molar-refractivity contribution in [2.45, 2.75) is 37.5 Å². The molecular formula is C24H26N4O4S. The summed E-state index contributed by atoms with van der Waals surface area (Å²) in [5.41, 5.74) is 1.92. The summed E-state index contributed by atoms with van der Waals surface area (Å²) in [6.45, 7) is 6.34. The van der Waals surface area contributed by atoms with Crippen LogP contribution in [0, 0.1) is 0 Å². The molecule has 8 nitrogen and oxygen atoms in total. The lowest BCUT2D eigenvalue weighted by Gasteiger charge is -2.20. The Bertz CT molecular complexity index is 1300. The van der Waals surface area contributed by atoms with Gasteiger partial charge in [0, 0.05) is 12.0 Å². The van der Waals surface area contributed by atoms with E-state index in [1.165, 1.54) is 42.0 Å². The number of nitrogens with zero attached hydrogens (tertiary/aromatic N) is 3. The van der Waals surface area contributed by atoms with E-state index in [9.17, 15) is 13.2 Å². The minimum atomic E-state index is -3.85. The van der Waals surface area contributed by atoms with E-state index in [0.717, 1.165) is 5.56 Å². The molecule has 0 bridgehead atoms. The number of fused-ring (bicyclic) bond motifs is 1. The number of nitrogens with one attached hydrogen (secondary N) is 1. The van der Waals surface area contributed by atoms with Crippen LogP contribution in [0.3, 0.4) is 0 Å². The lowest BCUT2D eigenvalue weighted by Crippen LogP contribution is -2.29. The molecule has 4 rings (SSSR count). The highest BCUT2D eigenvalue weighted by atomic mass is 32.2. The van der Waals surface area contributed by atoms with Gasteiger partial charge in [-0.15, -0.1) is 0 Å². The maximum atomic E-state index is 13.4. The van der Waals surface area contributed by atoms with Crippen LogP contribution in [0.4, 0.5) is 11.4 Å². The second-order valence-corrected chi connectivity index (χ2v) is 10.7. The molecular weight excluding hydrogens is 440 g/mol. The Kier molecular flexibility index (Phi) is 5.84. The molecule has 1 aliphatic heterocycles. The van der Waals surface area contributed by atoms with Crippen LogP contribution in [0.5, 0.6) is 5.75 Å². The minimum Gasteiger partial charge on any atom is -0.496 e. The molecule has 0 aliphatic carbocycles. The first-order valence-electron chi connectivity index (χ1n) is 10.5. The molecule has 2 aromatic carbocycles. The average molecular weight is 467 g/mol. The number of para-hydroxylation sites is 1. The number of carbonyl (C=O) groups is 1. The Morgan fingerprint density at radius 2 is 1.79 bits per heavy atom. The van der Waals surface area contributed by atoms with E-state index in [4.69, 9.17) is 4.74 Å². The molecule has 0 saturated carbocycles. The predicted octanol–water partition coefficient (Wildman–Crippen LogP) is 3.79. The van der Waals surface area contributed by atoms with Crippen LogP contribution in [0.2, 0.25) is 0 Å². The summed E-state index contributed by atoms with van der Waals surface area (Å²) in [6, 6.07) is 11.7. The number of anilines is 2. The fourth-order valence-corrected chi connectivity index (χ4v) is 5.22. The van der Waals surface area contributed by atoms with Gasteiger partial charge < -0.3 is 10.1 Å². The normalized spacial score (nSPS) is 13.5. The number of methoxy groups -OCH3 is 1. The third-order valence-corrected chi connectivity index (χ3v) is 7.24. The number of aromatic nitrogens is 2. The summed E-state index contributed by atoms with van der Waals surface area (Å²) in [6.07, 6.45) is 3.70. The van der Waals surface area contributed by atoms with Gasteiger partial charge in [0.1, 0.15) is 11.6 Å². The van der Waals surface area contributed by atoms with Crippen molar-refractivity contribution in [1.82, 2.24) is 9.97 Å². The molecule has 1 amide bonds. The van der Waals surface area contributed by atoms with Gasteiger partial charge in [0.2, 0.25) is 0 Å². The Labute approximate surface area is 193 Å². The smallest absolute Gasteiger partial charge is 0.264 e.